The van der Waals surface area contributed by atoms with Crippen molar-refractivity contribution in [2.75, 3.05) is 5.32 Å². The molecule has 0 heterocycles. The zero-order chi connectivity index (χ0) is 18.7. The molecule has 1 aliphatic rings. The fraction of sp³-hybridized carbons (Fsp3) is 0.316. The third-order valence-electron chi connectivity index (χ3n) is 4.31. The highest BCUT2D eigenvalue weighted by atomic mass is 19.2. The summed E-state index contributed by atoms with van der Waals surface area (Å²) in [5, 5.41) is 12.2. The summed E-state index contributed by atoms with van der Waals surface area (Å²) in [5.74, 6) is -4.97. The van der Waals surface area contributed by atoms with E-state index < -0.39 is 23.4 Å². The van der Waals surface area contributed by atoms with Crippen molar-refractivity contribution in [3.63, 3.8) is 0 Å². The molecule has 0 aromatic heterocycles. The summed E-state index contributed by atoms with van der Waals surface area (Å²) >= 11 is 0. The van der Waals surface area contributed by atoms with Crippen molar-refractivity contribution in [3.05, 3.63) is 53.3 Å². The molecule has 0 saturated heterocycles. The average Bonchev–Trinajstić information content (AvgIpc) is 2.62. The summed E-state index contributed by atoms with van der Waals surface area (Å²) in [7, 11) is 0. The van der Waals surface area contributed by atoms with Crippen LogP contribution in [-0.4, -0.2) is 17.1 Å². The van der Waals surface area contributed by atoms with Gasteiger partial charge < -0.3 is 15.2 Å². The van der Waals surface area contributed by atoms with Crippen molar-refractivity contribution in [1.82, 2.24) is 0 Å². The van der Waals surface area contributed by atoms with Crippen LogP contribution in [0.5, 0.6) is 11.5 Å². The van der Waals surface area contributed by atoms with E-state index in [0.717, 1.165) is 32.1 Å². The quantitative estimate of drug-likeness (QED) is 0.767. The number of hydrogen-bond acceptors (Lipinski definition) is 3. The number of rotatable bonds is 4. The molecular weight excluding hydrogens is 347 g/mol. The smallest absolute Gasteiger partial charge is 0.255 e. The first-order valence-electron chi connectivity index (χ1n) is 8.39. The molecule has 1 amide bonds. The number of ether oxygens (including phenoxy) is 1. The number of phenols is 1. The van der Waals surface area contributed by atoms with E-state index in [4.69, 9.17) is 4.74 Å². The maximum atomic E-state index is 13.3. The molecule has 2 N–H and O–H groups in total. The zero-order valence-corrected chi connectivity index (χ0v) is 13.9. The number of anilines is 1. The number of amides is 1. The molecule has 2 aromatic rings. The van der Waals surface area contributed by atoms with E-state index in [2.05, 4.69) is 5.32 Å². The Hall–Kier alpha value is -2.70. The van der Waals surface area contributed by atoms with Crippen LogP contribution < -0.4 is 10.1 Å². The molecule has 4 nitrogen and oxygen atoms in total. The van der Waals surface area contributed by atoms with Gasteiger partial charge in [-0.15, -0.1) is 0 Å². The minimum atomic E-state index is -1.60. The number of benzene rings is 2. The van der Waals surface area contributed by atoms with Crippen LogP contribution in [0.25, 0.3) is 0 Å². The maximum absolute atomic E-state index is 13.3. The first-order valence-corrected chi connectivity index (χ1v) is 8.39. The van der Waals surface area contributed by atoms with E-state index in [1.54, 1.807) is 0 Å². The van der Waals surface area contributed by atoms with E-state index in [1.165, 1.54) is 18.2 Å². The van der Waals surface area contributed by atoms with Gasteiger partial charge in [-0.3, -0.25) is 4.79 Å². The van der Waals surface area contributed by atoms with Gasteiger partial charge in [0, 0.05) is 23.4 Å². The average molecular weight is 365 g/mol. The van der Waals surface area contributed by atoms with Crippen molar-refractivity contribution in [2.24, 2.45) is 0 Å². The van der Waals surface area contributed by atoms with Gasteiger partial charge in [-0.2, -0.15) is 0 Å². The normalized spacial score (nSPS) is 14.9. The van der Waals surface area contributed by atoms with Crippen molar-refractivity contribution in [3.8, 4) is 11.5 Å². The Kier molecular flexibility index (Phi) is 5.35. The molecule has 0 unspecified atom stereocenters. The SMILES string of the molecule is O=C(Nc1cc(F)c(F)c(F)c1)c1ccc(O)c(OC2CCCCC2)c1. The molecule has 0 spiro atoms. The number of carbonyl (C=O) groups excluding carboxylic acids is 1. The fourth-order valence-electron chi connectivity index (χ4n) is 2.94. The summed E-state index contributed by atoms with van der Waals surface area (Å²) in [5.41, 5.74) is -0.0759. The predicted molar refractivity (Wildman–Crippen MR) is 89.9 cm³/mol. The highest BCUT2D eigenvalue weighted by molar-refractivity contribution is 6.04. The number of phenolic OH excluding ortho intramolecular Hbond substituents is 1. The predicted octanol–water partition coefficient (Wildman–Crippen LogP) is 4.77. The van der Waals surface area contributed by atoms with Gasteiger partial charge in [0.15, 0.2) is 29.0 Å². The summed E-state index contributed by atoms with van der Waals surface area (Å²) in [6, 6.07) is 5.43. The molecule has 1 fully saturated rings. The molecule has 0 aliphatic heterocycles. The van der Waals surface area contributed by atoms with E-state index >= 15 is 0 Å². The molecule has 3 rings (SSSR count). The number of halogens is 3. The maximum Gasteiger partial charge on any atom is 0.255 e. The lowest BCUT2D eigenvalue weighted by Gasteiger charge is -2.23. The van der Waals surface area contributed by atoms with Crippen molar-refractivity contribution < 1.29 is 27.8 Å². The first kappa shape index (κ1) is 18.1. The summed E-state index contributed by atoms with van der Waals surface area (Å²) < 4.78 is 45.3. The van der Waals surface area contributed by atoms with Gasteiger partial charge in [0.1, 0.15) is 0 Å². The second kappa shape index (κ2) is 7.68. The van der Waals surface area contributed by atoms with Crippen molar-refractivity contribution >= 4 is 11.6 Å². The van der Waals surface area contributed by atoms with Crippen LogP contribution in [0.1, 0.15) is 42.5 Å². The molecule has 138 valence electrons. The highest BCUT2D eigenvalue weighted by Gasteiger charge is 2.18. The Balaban J connectivity index is 1.76. The number of carbonyl (C=O) groups is 1. The van der Waals surface area contributed by atoms with Crippen LogP contribution in [0.4, 0.5) is 18.9 Å². The van der Waals surface area contributed by atoms with E-state index in [0.29, 0.717) is 12.1 Å². The summed E-state index contributed by atoms with van der Waals surface area (Å²) in [6.45, 7) is 0. The van der Waals surface area contributed by atoms with Gasteiger partial charge in [0.25, 0.3) is 5.91 Å². The third kappa shape index (κ3) is 4.09. The van der Waals surface area contributed by atoms with Gasteiger partial charge >= 0.3 is 0 Å². The lowest BCUT2D eigenvalue weighted by Crippen LogP contribution is -2.20. The van der Waals surface area contributed by atoms with Crippen LogP contribution >= 0.6 is 0 Å². The zero-order valence-electron chi connectivity index (χ0n) is 13.9. The number of hydrogen-bond donors (Lipinski definition) is 2. The standard InChI is InChI=1S/C19H18F3NO3/c20-14-9-12(10-15(21)18(14)22)23-19(25)11-6-7-16(24)17(8-11)26-13-4-2-1-3-5-13/h6-10,13,24H,1-5H2,(H,23,25). The molecule has 1 saturated carbocycles. The molecule has 2 aromatic carbocycles. The number of nitrogens with one attached hydrogen (secondary N) is 1. The van der Waals surface area contributed by atoms with Gasteiger partial charge in [-0.25, -0.2) is 13.2 Å². The lowest BCUT2D eigenvalue weighted by molar-refractivity contribution is 0.102. The van der Waals surface area contributed by atoms with Gasteiger partial charge in [-0.05, 0) is 43.9 Å². The Morgan fingerprint density at radius 2 is 1.69 bits per heavy atom. The summed E-state index contributed by atoms with van der Waals surface area (Å²) in [6.07, 6.45) is 4.99. The summed E-state index contributed by atoms with van der Waals surface area (Å²) in [4.78, 5) is 12.3. The molecular formula is C19H18F3NO3. The van der Waals surface area contributed by atoms with Gasteiger partial charge in [0.05, 0.1) is 6.10 Å². The van der Waals surface area contributed by atoms with Crippen LogP contribution in [0.2, 0.25) is 0 Å². The molecule has 1 aliphatic carbocycles. The van der Waals surface area contributed by atoms with Gasteiger partial charge in [0.2, 0.25) is 0 Å². The van der Waals surface area contributed by atoms with Crippen LogP contribution in [0.3, 0.4) is 0 Å². The molecule has 26 heavy (non-hydrogen) atoms. The second-order valence-electron chi connectivity index (χ2n) is 6.27. The molecule has 0 bridgehead atoms. The number of aromatic hydroxyl groups is 1. The van der Waals surface area contributed by atoms with Crippen molar-refractivity contribution in [1.29, 1.82) is 0 Å². The largest absolute Gasteiger partial charge is 0.504 e. The van der Waals surface area contributed by atoms with Crippen LogP contribution in [0.15, 0.2) is 30.3 Å². The molecule has 0 atom stereocenters. The first-order chi connectivity index (χ1) is 12.4. The Morgan fingerprint density at radius 3 is 2.35 bits per heavy atom. The molecule has 7 heteroatoms. The topological polar surface area (TPSA) is 58.6 Å². The van der Waals surface area contributed by atoms with Crippen molar-refractivity contribution in [2.45, 2.75) is 38.2 Å². The third-order valence-corrected chi connectivity index (χ3v) is 4.31. The Bertz CT molecular complexity index is 797. The highest BCUT2D eigenvalue weighted by Crippen LogP contribution is 2.31. The van der Waals surface area contributed by atoms with E-state index in [9.17, 15) is 23.1 Å². The lowest BCUT2D eigenvalue weighted by atomic mass is 9.98. The second-order valence-corrected chi connectivity index (χ2v) is 6.27. The van der Waals surface area contributed by atoms with E-state index in [-0.39, 0.29) is 28.9 Å². The van der Waals surface area contributed by atoms with Crippen LogP contribution in [0, 0.1) is 17.5 Å². The van der Waals surface area contributed by atoms with Gasteiger partial charge in [-0.1, -0.05) is 6.42 Å². The minimum Gasteiger partial charge on any atom is -0.504 e. The Morgan fingerprint density at radius 1 is 1.04 bits per heavy atom. The van der Waals surface area contributed by atoms with Crippen LogP contribution in [-0.2, 0) is 0 Å². The van der Waals surface area contributed by atoms with E-state index in [1.807, 2.05) is 0 Å². The monoisotopic (exact) mass is 365 g/mol. The minimum absolute atomic E-state index is 0.0201. The molecule has 0 radical (unpaired) electrons. The Labute approximate surface area is 148 Å². The fourth-order valence-corrected chi connectivity index (χ4v) is 2.94.